The molecule has 0 unspecified atom stereocenters. The molecule has 1 fully saturated rings. The summed E-state index contributed by atoms with van der Waals surface area (Å²) in [5.41, 5.74) is 0. The zero-order chi connectivity index (χ0) is 10.4. The van der Waals surface area contributed by atoms with Crippen LogP contribution in [0.1, 0.15) is 26.2 Å². The summed E-state index contributed by atoms with van der Waals surface area (Å²) in [4.78, 5) is 13.1. The number of nitrogens with one attached hydrogen (secondary N) is 1. The highest BCUT2D eigenvalue weighted by molar-refractivity contribution is 5.77. The molecule has 0 spiro atoms. The van der Waals surface area contributed by atoms with Crippen molar-refractivity contribution in [1.29, 1.82) is 0 Å². The van der Waals surface area contributed by atoms with Gasteiger partial charge >= 0.3 is 0 Å². The average Bonchev–Trinajstić information content (AvgIpc) is 2.15. The molecule has 0 bridgehead atoms. The lowest BCUT2D eigenvalue weighted by Gasteiger charge is -2.28. The van der Waals surface area contributed by atoms with Crippen LogP contribution >= 0.6 is 0 Å². The van der Waals surface area contributed by atoms with Crippen LogP contribution in [0.4, 0.5) is 0 Å². The van der Waals surface area contributed by atoms with Crippen LogP contribution in [0.5, 0.6) is 0 Å². The number of likely N-dealkylation sites (tertiary alicyclic amines) is 1. The molecule has 1 rings (SSSR count). The molecular formula is C11H22N2O. The van der Waals surface area contributed by atoms with Gasteiger partial charge in [-0.05, 0) is 58.8 Å². The summed E-state index contributed by atoms with van der Waals surface area (Å²) < 4.78 is 0. The molecule has 1 saturated heterocycles. The maximum absolute atomic E-state index is 10.7. The van der Waals surface area contributed by atoms with Gasteiger partial charge in [0.2, 0.25) is 0 Å². The first-order valence-electron chi connectivity index (χ1n) is 5.57. The molecule has 0 radical (unpaired) electrons. The van der Waals surface area contributed by atoms with Crippen LogP contribution in [0.2, 0.25) is 0 Å². The molecule has 0 saturated carbocycles. The number of ketones is 1. The maximum Gasteiger partial charge on any atom is 0.143 e. The van der Waals surface area contributed by atoms with Gasteiger partial charge in [0.1, 0.15) is 5.78 Å². The Kier molecular flexibility index (Phi) is 5.12. The SMILES string of the molecule is CC(=O)CNCCC1CCN(C)CC1. The fourth-order valence-corrected chi connectivity index (χ4v) is 1.92. The van der Waals surface area contributed by atoms with Crippen LogP contribution in [0.15, 0.2) is 0 Å². The van der Waals surface area contributed by atoms with E-state index in [0.29, 0.717) is 6.54 Å². The molecule has 0 aliphatic carbocycles. The van der Waals surface area contributed by atoms with E-state index in [9.17, 15) is 4.79 Å². The summed E-state index contributed by atoms with van der Waals surface area (Å²) in [7, 11) is 2.18. The quantitative estimate of drug-likeness (QED) is 0.666. The van der Waals surface area contributed by atoms with E-state index in [1.165, 1.54) is 32.4 Å². The van der Waals surface area contributed by atoms with Gasteiger partial charge in [-0.3, -0.25) is 4.79 Å². The molecule has 14 heavy (non-hydrogen) atoms. The molecule has 0 aromatic rings. The summed E-state index contributed by atoms with van der Waals surface area (Å²) in [5, 5.41) is 3.18. The van der Waals surface area contributed by atoms with E-state index >= 15 is 0 Å². The van der Waals surface area contributed by atoms with Crippen molar-refractivity contribution in [2.75, 3.05) is 33.2 Å². The van der Waals surface area contributed by atoms with E-state index in [4.69, 9.17) is 0 Å². The van der Waals surface area contributed by atoms with E-state index in [0.717, 1.165) is 12.5 Å². The summed E-state index contributed by atoms with van der Waals surface area (Å²) in [5.74, 6) is 1.10. The standard InChI is InChI=1S/C11H22N2O/c1-10(14)9-12-6-3-11-4-7-13(2)8-5-11/h11-12H,3-9H2,1-2H3. The van der Waals surface area contributed by atoms with E-state index in [1.807, 2.05) is 0 Å². The minimum Gasteiger partial charge on any atom is -0.310 e. The molecule has 0 aromatic carbocycles. The third-order valence-electron chi connectivity index (χ3n) is 2.94. The third-order valence-corrected chi connectivity index (χ3v) is 2.94. The van der Waals surface area contributed by atoms with Gasteiger partial charge in [0, 0.05) is 0 Å². The van der Waals surface area contributed by atoms with Crippen molar-refractivity contribution in [3.8, 4) is 0 Å². The minimum atomic E-state index is 0.230. The monoisotopic (exact) mass is 198 g/mol. The highest BCUT2D eigenvalue weighted by Gasteiger charge is 2.15. The van der Waals surface area contributed by atoms with Crippen LogP contribution in [0.3, 0.4) is 0 Å². The van der Waals surface area contributed by atoms with Crippen LogP contribution in [0, 0.1) is 5.92 Å². The third kappa shape index (κ3) is 4.72. The second kappa shape index (κ2) is 6.14. The first kappa shape index (κ1) is 11.7. The fourth-order valence-electron chi connectivity index (χ4n) is 1.92. The van der Waals surface area contributed by atoms with Crippen molar-refractivity contribution in [3.63, 3.8) is 0 Å². The Bertz CT molecular complexity index is 174. The predicted octanol–water partition coefficient (Wildman–Crippen LogP) is 0.897. The number of carbonyl (C=O) groups is 1. The first-order valence-corrected chi connectivity index (χ1v) is 5.57. The van der Waals surface area contributed by atoms with Gasteiger partial charge in [0.25, 0.3) is 0 Å². The van der Waals surface area contributed by atoms with Crippen LogP contribution in [0.25, 0.3) is 0 Å². The van der Waals surface area contributed by atoms with E-state index in [1.54, 1.807) is 6.92 Å². The van der Waals surface area contributed by atoms with Gasteiger partial charge < -0.3 is 10.2 Å². The second-order valence-corrected chi connectivity index (χ2v) is 4.41. The number of piperidine rings is 1. The van der Waals surface area contributed by atoms with Crippen molar-refractivity contribution in [2.24, 2.45) is 5.92 Å². The molecule has 1 heterocycles. The summed E-state index contributed by atoms with van der Waals surface area (Å²) >= 11 is 0. The van der Waals surface area contributed by atoms with E-state index in [2.05, 4.69) is 17.3 Å². The van der Waals surface area contributed by atoms with Crippen molar-refractivity contribution in [1.82, 2.24) is 10.2 Å². The summed E-state index contributed by atoms with van der Waals surface area (Å²) in [6.07, 6.45) is 3.86. The summed E-state index contributed by atoms with van der Waals surface area (Å²) in [6.45, 7) is 5.62. The normalized spacial score (nSPS) is 19.9. The Morgan fingerprint density at radius 3 is 2.64 bits per heavy atom. The Balaban J connectivity index is 1.99. The lowest BCUT2D eigenvalue weighted by Crippen LogP contribution is -2.32. The van der Waals surface area contributed by atoms with Gasteiger partial charge in [0.15, 0.2) is 0 Å². The molecule has 1 N–H and O–H groups in total. The molecule has 0 aromatic heterocycles. The Morgan fingerprint density at radius 2 is 2.07 bits per heavy atom. The molecule has 1 aliphatic heterocycles. The number of hydrogen-bond acceptors (Lipinski definition) is 3. The smallest absolute Gasteiger partial charge is 0.143 e. The minimum absolute atomic E-state index is 0.230. The van der Waals surface area contributed by atoms with Crippen LogP contribution in [-0.2, 0) is 4.79 Å². The number of rotatable bonds is 5. The highest BCUT2D eigenvalue weighted by atomic mass is 16.1. The highest BCUT2D eigenvalue weighted by Crippen LogP contribution is 2.18. The molecule has 1 aliphatic rings. The second-order valence-electron chi connectivity index (χ2n) is 4.41. The lowest BCUT2D eigenvalue weighted by atomic mass is 9.94. The van der Waals surface area contributed by atoms with E-state index in [-0.39, 0.29) is 5.78 Å². The Hall–Kier alpha value is -0.410. The fraction of sp³-hybridized carbons (Fsp3) is 0.909. The van der Waals surface area contributed by atoms with Crippen LogP contribution in [-0.4, -0.2) is 43.9 Å². The predicted molar refractivity (Wildman–Crippen MR) is 58.4 cm³/mol. The van der Waals surface area contributed by atoms with Gasteiger partial charge in [-0.15, -0.1) is 0 Å². The molecule has 3 heteroatoms. The number of carbonyl (C=O) groups excluding carboxylic acids is 1. The first-order chi connectivity index (χ1) is 6.68. The Labute approximate surface area is 86.9 Å². The molecular weight excluding hydrogens is 176 g/mol. The lowest BCUT2D eigenvalue weighted by molar-refractivity contribution is -0.116. The Morgan fingerprint density at radius 1 is 1.43 bits per heavy atom. The van der Waals surface area contributed by atoms with Crippen molar-refractivity contribution < 1.29 is 4.79 Å². The van der Waals surface area contributed by atoms with Gasteiger partial charge in [-0.25, -0.2) is 0 Å². The number of hydrogen-bond donors (Lipinski definition) is 1. The van der Waals surface area contributed by atoms with Crippen molar-refractivity contribution in [3.05, 3.63) is 0 Å². The van der Waals surface area contributed by atoms with E-state index < -0.39 is 0 Å². The molecule has 82 valence electrons. The van der Waals surface area contributed by atoms with Gasteiger partial charge in [-0.2, -0.15) is 0 Å². The molecule has 0 atom stereocenters. The molecule has 0 amide bonds. The molecule has 3 nitrogen and oxygen atoms in total. The topological polar surface area (TPSA) is 32.3 Å². The van der Waals surface area contributed by atoms with Crippen molar-refractivity contribution >= 4 is 5.78 Å². The largest absolute Gasteiger partial charge is 0.310 e. The van der Waals surface area contributed by atoms with Gasteiger partial charge in [0.05, 0.1) is 6.54 Å². The van der Waals surface area contributed by atoms with Gasteiger partial charge in [-0.1, -0.05) is 0 Å². The van der Waals surface area contributed by atoms with Crippen LogP contribution < -0.4 is 5.32 Å². The maximum atomic E-state index is 10.7. The zero-order valence-corrected chi connectivity index (χ0v) is 9.38. The average molecular weight is 198 g/mol. The van der Waals surface area contributed by atoms with Crippen molar-refractivity contribution in [2.45, 2.75) is 26.2 Å². The number of Topliss-reactive ketones (excluding diaryl/α,β-unsaturated/α-hetero) is 1. The zero-order valence-electron chi connectivity index (χ0n) is 9.38. The summed E-state index contributed by atoms with van der Waals surface area (Å²) in [6, 6.07) is 0. The number of nitrogens with zero attached hydrogens (tertiary/aromatic N) is 1.